The summed E-state index contributed by atoms with van der Waals surface area (Å²) in [7, 11) is 0. The molecule has 0 N–H and O–H groups in total. The van der Waals surface area contributed by atoms with Crippen molar-refractivity contribution in [3.8, 4) is 44.8 Å². The standard InChI is InChI=1S/C31H18ClNO/c32-27-12-6-5-9-23(27)26-17-28(33-30-24-10-3-4-11-25(24)31(34)29(26)30)19-13-14-22-20(16-19)15-18-7-1-2-8-21(18)22/h1-14,16-17H,15H2. The number of carbonyl (C=O) groups is 1. The van der Waals surface area contributed by atoms with Crippen LogP contribution in [0.5, 0.6) is 0 Å². The van der Waals surface area contributed by atoms with Gasteiger partial charge in [0.25, 0.3) is 0 Å². The quantitative estimate of drug-likeness (QED) is 0.265. The zero-order chi connectivity index (χ0) is 22.8. The number of benzene rings is 4. The summed E-state index contributed by atoms with van der Waals surface area (Å²) in [6.45, 7) is 0. The van der Waals surface area contributed by atoms with E-state index in [1.165, 1.54) is 22.3 Å². The molecule has 0 aliphatic heterocycles. The fourth-order valence-electron chi connectivity index (χ4n) is 5.34. The van der Waals surface area contributed by atoms with Crippen molar-refractivity contribution in [3.63, 3.8) is 0 Å². The summed E-state index contributed by atoms with van der Waals surface area (Å²) in [5, 5.41) is 0.620. The van der Waals surface area contributed by atoms with Gasteiger partial charge in [0.2, 0.25) is 0 Å². The number of hydrogen-bond acceptors (Lipinski definition) is 2. The number of ketones is 1. The summed E-state index contributed by atoms with van der Waals surface area (Å²) in [5.74, 6) is 0.00368. The third-order valence-corrected chi connectivity index (χ3v) is 7.26. The molecule has 1 heterocycles. The van der Waals surface area contributed by atoms with Crippen molar-refractivity contribution in [1.82, 2.24) is 4.98 Å². The van der Waals surface area contributed by atoms with Crippen LogP contribution in [0.1, 0.15) is 27.0 Å². The first-order valence-electron chi connectivity index (χ1n) is 11.3. The van der Waals surface area contributed by atoms with Crippen molar-refractivity contribution < 1.29 is 4.79 Å². The Hall–Kier alpha value is -4.01. The van der Waals surface area contributed by atoms with Gasteiger partial charge in [-0.1, -0.05) is 90.5 Å². The smallest absolute Gasteiger partial charge is 0.196 e. The molecule has 0 atom stereocenters. The average molecular weight is 456 g/mol. The van der Waals surface area contributed by atoms with E-state index in [1.54, 1.807) is 0 Å². The number of halogens is 1. The van der Waals surface area contributed by atoms with Crippen molar-refractivity contribution in [1.29, 1.82) is 0 Å². The maximum Gasteiger partial charge on any atom is 0.196 e. The van der Waals surface area contributed by atoms with E-state index >= 15 is 0 Å². The Morgan fingerprint density at radius 3 is 2.12 bits per heavy atom. The maximum absolute atomic E-state index is 13.4. The van der Waals surface area contributed by atoms with E-state index in [2.05, 4.69) is 42.5 Å². The molecule has 3 heteroatoms. The van der Waals surface area contributed by atoms with Crippen LogP contribution in [0.3, 0.4) is 0 Å². The zero-order valence-corrected chi connectivity index (χ0v) is 18.9. The number of aromatic nitrogens is 1. The van der Waals surface area contributed by atoms with Crippen LogP contribution < -0.4 is 0 Å². The number of rotatable bonds is 2. The molecule has 0 unspecified atom stereocenters. The van der Waals surface area contributed by atoms with Gasteiger partial charge in [-0.3, -0.25) is 4.79 Å². The molecule has 2 aliphatic rings. The minimum atomic E-state index is 0.00368. The van der Waals surface area contributed by atoms with Crippen LogP contribution in [-0.2, 0) is 6.42 Å². The fourth-order valence-corrected chi connectivity index (χ4v) is 5.57. The van der Waals surface area contributed by atoms with Crippen molar-refractivity contribution in [3.05, 3.63) is 124 Å². The van der Waals surface area contributed by atoms with Crippen LogP contribution in [-0.4, -0.2) is 10.8 Å². The van der Waals surface area contributed by atoms with Crippen LogP contribution in [0.25, 0.3) is 44.8 Å². The molecule has 0 amide bonds. The molecule has 0 saturated heterocycles. The van der Waals surface area contributed by atoms with Crippen molar-refractivity contribution in [2.24, 2.45) is 0 Å². The minimum Gasteiger partial charge on any atom is -0.288 e. The van der Waals surface area contributed by atoms with E-state index in [1.807, 2.05) is 54.6 Å². The lowest BCUT2D eigenvalue weighted by atomic mass is 9.94. The number of nitrogens with zero attached hydrogens (tertiary/aromatic N) is 1. The van der Waals surface area contributed by atoms with Crippen molar-refractivity contribution in [2.75, 3.05) is 0 Å². The zero-order valence-electron chi connectivity index (χ0n) is 18.2. The highest BCUT2D eigenvalue weighted by atomic mass is 35.5. The lowest BCUT2D eigenvalue weighted by Gasteiger charge is -2.13. The average Bonchev–Trinajstić information content (AvgIpc) is 3.39. The molecule has 7 rings (SSSR count). The van der Waals surface area contributed by atoms with Crippen LogP contribution in [0.15, 0.2) is 97.1 Å². The van der Waals surface area contributed by atoms with E-state index in [0.29, 0.717) is 16.1 Å². The van der Waals surface area contributed by atoms with Gasteiger partial charge in [0.1, 0.15) is 0 Å². The van der Waals surface area contributed by atoms with Gasteiger partial charge in [-0.25, -0.2) is 4.98 Å². The molecule has 0 saturated carbocycles. The third kappa shape index (κ3) is 2.76. The number of fused-ring (bicyclic) bond motifs is 6. The second-order valence-electron chi connectivity index (χ2n) is 8.84. The lowest BCUT2D eigenvalue weighted by molar-refractivity contribution is 0.104. The first kappa shape index (κ1) is 19.5. The summed E-state index contributed by atoms with van der Waals surface area (Å²) in [4.78, 5) is 18.5. The van der Waals surface area contributed by atoms with Crippen molar-refractivity contribution >= 4 is 17.4 Å². The van der Waals surface area contributed by atoms with E-state index in [-0.39, 0.29) is 5.78 Å². The Kier molecular flexibility index (Phi) is 4.15. The van der Waals surface area contributed by atoms with Crippen LogP contribution in [0, 0.1) is 0 Å². The molecule has 5 aromatic rings. The molecule has 0 spiro atoms. The summed E-state index contributed by atoms with van der Waals surface area (Å²) < 4.78 is 0. The van der Waals surface area contributed by atoms with E-state index in [9.17, 15) is 4.79 Å². The predicted octanol–water partition coefficient (Wildman–Crippen LogP) is 7.85. The molecular weight excluding hydrogens is 438 g/mol. The van der Waals surface area contributed by atoms with Gasteiger partial charge in [-0.05, 0) is 52.4 Å². The van der Waals surface area contributed by atoms with Crippen molar-refractivity contribution in [2.45, 2.75) is 6.42 Å². The lowest BCUT2D eigenvalue weighted by Crippen LogP contribution is -2.01. The molecule has 160 valence electrons. The maximum atomic E-state index is 13.4. The summed E-state index contributed by atoms with van der Waals surface area (Å²) >= 11 is 6.61. The molecule has 0 radical (unpaired) electrons. The first-order valence-corrected chi connectivity index (χ1v) is 11.7. The fraction of sp³-hybridized carbons (Fsp3) is 0.0323. The molecule has 1 aromatic heterocycles. The highest BCUT2D eigenvalue weighted by Gasteiger charge is 2.32. The molecule has 2 nitrogen and oxygen atoms in total. The summed E-state index contributed by atoms with van der Waals surface area (Å²) in [5.41, 5.74) is 11.7. The number of pyridine rings is 1. The Morgan fingerprint density at radius 2 is 1.29 bits per heavy atom. The summed E-state index contributed by atoms with van der Waals surface area (Å²) in [6, 6.07) is 32.6. The highest BCUT2D eigenvalue weighted by Crippen LogP contribution is 2.44. The predicted molar refractivity (Wildman–Crippen MR) is 137 cm³/mol. The molecule has 34 heavy (non-hydrogen) atoms. The van der Waals surface area contributed by atoms with Gasteiger partial charge in [-0.2, -0.15) is 0 Å². The Morgan fingerprint density at radius 1 is 0.618 bits per heavy atom. The van der Waals surface area contributed by atoms with Gasteiger partial charge in [0.05, 0.1) is 17.0 Å². The molecule has 4 aromatic carbocycles. The van der Waals surface area contributed by atoms with E-state index < -0.39 is 0 Å². The van der Waals surface area contributed by atoms with Gasteiger partial charge in [0.15, 0.2) is 5.78 Å². The van der Waals surface area contributed by atoms with Gasteiger partial charge >= 0.3 is 0 Å². The van der Waals surface area contributed by atoms with Gasteiger partial charge in [0, 0.05) is 27.3 Å². The highest BCUT2D eigenvalue weighted by molar-refractivity contribution is 6.34. The molecule has 0 bridgehead atoms. The SMILES string of the molecule is O=C1c2ccccc2-c2nc(-c3ccc4c(c3)Cc3ccccc3-4)cc(-c3ccccc3Cl)c21. The molecule has 2 aliphatic carbocycles. The Bertz CT molecular complexity index is 1670. The molecular formula is C31H18ClNO. The second kappa shape index (κ2) is 7.24. The summed E-state index contributed by atoms with van der Waals surface area (Å²) in [6.07, 6.45) is 0.920. The number of carbonyl (C=O) groups excluding carboxylic acids is 1. The topological polar surface area (TPSA) is 30.0 Å². The van der Waals surface area contributed by atoms with E-state index in [0.717, 1.165) is 40.1 Å². The van der Waals surface area contributed by atoms with Crippen LogP contribution >= 0.6 is 11.6 Å². The van der Waals surface area contributed by atoms with Crippen LogP contribution in [0.2, 0.25) is 5.02 Å². The third-order valence-electron chi connectivity index (χ3n) is 6.93. The number of hydrogen-bond donors (Lipinski definition) is 0. The largest absolute Gasteiger partial charge is 0.288 e. The van der Waals surface area contributed by atoms with Gasteiger partial charge in [-0.15, -0.1) is 0 Å². The monoisotopic (exact) mass is 455 g/mol. The van der Waals surface area contributed by atoms with Crippen LogP contribution in [0.4, 0.5) is 0 Å². The van der Waals surface area contributed by atoms with Gasteiger partial charge < -0.3 is 0 Å². The Labute approximate surface area is 202 Å². The molecule has 0 fully saturated rings. The minimum absolute atomic E-state index is 0.00368. The second-order valence-corrected chi connectivity index (χ2v) is 9.25. The Balaban J connectivity index is 1.47. The first-order chi connectivity index (χ1) is 16.7. The van der Waals surface area contributed by atoms with E-state index in [4.69, 9.17) is 16.6 Å². The normalized spacial score (nSPS) is 12.8.